The Morgan fingerprint density at radius 1 is 1.45 bits per heavy atom. The normalized spacial score (nSPS) is 18.9. The number of benzene rings is 1. The van der Waals surface area contributed by atoms with Crippen molar-refractivity contribution >= 4 is 28.8 Å². The zero-order valence-electron chi connectivity index (χ0n) is 12.3. The van der Waals surface area contributed by atoms with Crippen LogP contribution in [0.1, 0.15) is 31.4 Å². The number of imide groups is 1. The molecule has 1 atom stereocenters. The fourth-order valence-corrected chi connectivity index (χ4v) is 2.62. The highest BCUT2D eigenvalue weighted by Gasteiger charge is 2.29. The zero-order chi connectivity index (χ0) is 15.5. The maximum absolute atomic E-state index is 12.0. The maximum atomic E-state index is 12.0. The van der Waals surface area contributed by atoms with E-state index in [1.807, 2.05) is 31.2 Å². The SMILES string of the molecule is CCOC=Cc1cccc2c1cnn2C1CCC(=O)NC1=O. The van der Waals surface area contributed by atoms with Crippen LogP contribution in [0.25, 0.3) is 17.0 Å². The van der Waals surface area contributed by atoms with E-state index in [9.17, 15) is 9.59 Å². The maximum Gasteiger partial charge on any atom is 0.251 e. The Morgan fingerprint density at radius 2 is 2.32 bits per heavy atom. The van der Waals surface area contributed by atoms with Gasteiger partial charge in [-0.05, 0) is 31.1 Å². The molecule has 114 valence electrons. The van der Waals surface area contributed by atoms with Crippen molar-refractivity contribution in [2.75, 3.05) is 6.61 Å². The first-order valence-corrected chi connectivity index (χ1v) is 7.28. The summed E-state index contributed by atoms with van der Waals surface area (Å²) >= 11 is 0. The van der Waals surface area contributed by atoms with Gasteiger partial charge in [0.25, 0.3) is 5.91 Å². The third-order valence-electron chi connectivity index (χ3n) is 3.69. The lowest BCUT2D eigenvalue weighted by Gasteiger charge is -2.21. The molecule has 0 radical (unpaired) electrons. The van der Waals surface area contributed by atoms with E-state index in [1.54, 1.807) is 17.1 Å². The van der Waals surface area contributed by atoms with Gasteiger partial charge in [0.15, 0.2) is 0 Å². The fourth-order valence-electron chi connectivity index (χ4n) is 2.62. The molecular formula is C16H17N3O3. The van der Waals surface area contributed by atoms with Crippen molar-refractivity contribution in [3.63, 3.8) is 0 Å². The molecule has 1 unspecified atom stereocenters. The molecule has 2 aromatic rings. The van der Waals surface area contributed by atoms with Crippen LogP contribution in [0.4, 0.5) is 0 Å². The van der Waals surface area contributed by atoms with Gasteiger partial charge >= 0.3 is 0 Å². The summed E-state index contributed by atoms with van der Waals surface area (Å²) in [5, 5.41) is 7.67. The van der Waals surface area contributed by atoms with Crippen molar-refractivity contribution in [2.45, 2.75) is 25.8 Å². The van der Waals surface area contributed by atoms with E-state index in [0.29, 0.717) is 19.4 Å². The number of nitrogens with zero attached hydrogens (tertiary/aromatic N) is 2. The largest absolute Gasteiger partial charge is 0.501 e. The number of hydrogen-bond donors (Lipinski definition) is 1. The quantitative estimate of drug-likeness (QED) is 0.692. The molecule has 1 aromatic heterocycles. The Morgan fingerprint density at radius 3 is 3.09 bits per heavy atom. The van der Waals surface area contributed by atoms with Crippen molar-refractivity contribution in [3.05, 3.63) is 36.2 Å². The number of aromatic nitrogens is 2. The predicted octanol–water partition coefficient (Wildman–Crippen LogP) is 2.02. The first-order valence-electron chi connectivity index (χ1n) is 7.28. The summed E-state index contributed by atoms with van der Waals surface area (Å²) < 4.78 is 6.92. The highest BCUT2D eigenvalue weighted by molar-refractivity contribution is 6.00. The molecule has 1 aromatic carbocycles. The topological polar surface area (TPSA) is 73.2 Å². The molecule has 1 aliphatic heterocycles. The minimum absolute atomic E-state index is 0.224. The number of ether oxygens (including phenoxy) is 1. The van der Waals surface area contributed by atoms with E-state index in [2.05, 4.69) is 10.4 Å². The van der Waals surface area contributed by atoms with Gasteiger partial charge in [-0.25, -0.2) is 0 Å². The Kier molecular flexibility index (Phi) is 3.91. The van der Waals surface area contributed by atoms with Crippen LogP contribution in [0.2, 0.25) is 0 Å². The van der Waals surface area contributed by atoms with Crippen LogP contribution in [-0.4, -0.2) is 28.2 Å². The summed E-state index contributed by atoms with van der Waals surface area (Å²) in [4.78, 5) is 23.3. The molecule has 1 N–H and O–H groups in total. The smallest absolute Gasteiger partial charge is 0.251 e. The van der Waals surface area contributed by atoms with Crippen LogP contribution in [0, 0.1) is 0 Å². The van der Waals surface area contributed by atoms with E-state index in [4.69, 9.17) is 4.74 Å². The highest BCUT2D eigenvalue weighted by atomic mass is 16.5. The monoisotopic (exact) mass is 299 g/mol. The number of nitrogens with one attached hydrogen (secondary N) is 1. The van der Waals surface area contributed by atoms with Gasteiger partial charge in [-0.1, -0.05) is 12.1 Å². The lowest BCUT2D eigenvalue weighted by Crippen LogP contribution is -2.42. The summed E-state index contributed by atoms with van der Waals surface area (Å²) in [6, 6.07) is 5.36. The van der Waals surface area contributed by atoms with Crippen LogP contribution in [0.15, 0.2) is 30.7 Å². The first-order chi connectivity index (χ1) is 10.7. The summed E-state index contributed by atoms with van der Waals surface area (Å²) in [6.07, 6.45) is 6.08. The third-order valence-corrected chi connectivity index (χ3v) is 3.69. The molecule has 3 rings (SSSR count). The number of piperidine rings is 1. The summed E-state index contributed by atoms with van der Waals surface area (Å²) in [5.41, 5.74) is 1.85. The molecule has 22 heavy (non-hydrogen) atoms. The first kappa shape index (κ1) is 14.3. The predicted molar refractivity (Wildman–Crippen MR) is 81.8 cm³/mol. The number of amides is 2. The minimum Gasteiger partial charge on any atom is -0.501 e. The number of hydrogen-bond acceptors (Lipinski definition) is 4. The zero-order valence-corrected chi connectivity index (χ0v) is 12.3. The van der Waals surface area contributed by atoms with E-state index >= 15 is 0 Å². The van der Waals surface area contributed by atoms with Gasteiger partial charge in [0, 0.05) is 11.8 Å². The lowest BCUT2D eigenvalue weighted by molar-refractivity contribution is -0.135. The van der Waals surface area contributed by atoms with E-state index < -0.39 is 6.04 Å². The molecule has 2 amide bonds. The standard InChI is InChI=1S/C16H17N3O3/c1-2-22-9-8-11-4-3-5-13-12(11)10-17-19(13)14-6-7-15(20)18-16(14)21/h3-5,8-10,14H,2,6-7H2,1H3,(H,18,20,21). The second-order valence-electron chi connectivity index (χ2n) is 5.09. The Balaban J connectivity index is 1.97. The van der Waals surface area contributed by atoms with Gasteiger partial charge in [-0.3, -0.25) is 19.6 Å². The van der Waals surface area contributed by atoms with Gasteiger partial charge < -0.3 is 4.74 Å². The van der Waals surface area contributed by atoms with Crippen molar-refractivity contribution < 1.29 is 14.3 Å². The number of carbonyl (C=O) groups excluding carboxylic acids is 2. The summed E-state index contributed by atoms with van der Waals surface area (Å²) in [5.74, 6) is -0.519. The van der Waals surface area contributed by atoms with Crippen molar-refractivity contribution in [2.24, 2.45) is 0 Å². The molecule has 1 fully saturated rings. The van der Waals surface area contributed by atoms with E-state index in [1.165, 1.54) is 0 Å². The molecule has 0 saturated carbocycles. The molecule has 1 aliphatic rings. The summed E-state index contributed by atoms with van der Waals surface area (Å²) in [6.45, 7) is 2.54. The summed E-state index contributed by atoms with van der Waals surface area (Å²) in [7, 11) is 0. The van der Waals surface area contributed by atoms with Crippen LogP contribution >= 0.6 is 0 Å². The van der Waals surface area contributed by atoms with Crippen molar-refractivity contribution in [3.8, 4) is 0 Å². The third kappa shape index (κ3) is 2.59. The second kappa shape index (κ2) is 6.01. The molecule has 6 nitrogen and oxygen atoms in total. The molecule has 2 heterocycles. The minimum atomic E-state index is -0.443. The van der Waals surface area contributed by atoms with Gasteiger partial charge in [0.05, 0.1) is 24.6 Å². The van der Waals surface area contributed by atoms with Gasteiger partial charge in [0.1, 0.15) is 6.04 Å². The highest BCUT2D eigenvalue weighted by Crippen LogP contribution is 2.26. The van der Waals surface area contributed by atoms with Crippen LogP contribution in [0.5, 0.6) is 0 Å². The number of fused-ring (bicyclic) bond motifs is 1. The lowest BCUT2D eigenvalue weighted by atomic mass is 10.1. The molecule has 1 saturated heterocycles. The van der Waals surface area contributed by atoms with Gasteiger partial charge in [-0.2, -0.15) is 5.10 Å². The van der Waals surface area contributed by atoms with Crippen LogP contribution in [0.3, 0.4) is 0 Å². The number of carbonyl (C=O) groups is 2. The van der Waals surface area contributed by atoms with E-state index in [0.717, 1.165) is 16.5 Å². The Hall–Kier alpha value is -2.63. The molecular weight excluding hydrogens is 282 g/mol. The number of rotatable bonds is 4. The molecule has 0 aliphatic carbocycles. The van der Waals surface area contributed by atoms with E-state index in [-0.39, 0.29) is 11.8 Å². The van der Waals surface area contributed by atoms with Crippen molar-refractivity contribution in [1.82, 2.24) is 15.1 Å². The Bertz CT molecular complexity index is 748. The average molecular weight is 299 g/mol. The van der Waals surface area contributed by atoms with Crippen LogP contribution < -0.4 is 5.32 Å². The fraction of sp³-hybridized carbons (Fsp3) is 0.312. The molecule has 0 spiro atoms. The average Bonchev–Trinajstić information content (AvgIpc) is 2.92. The van der Waals surface area contributed by atoms with Crippen molar-refractivity contribution in [1.29, 1.82) is 0 Å². The molecule has 6 heteroatoms. The van der Waals surface area contributed by atoms with Gasteiger partial charge in [-0.15, -0.1) is 0 Å². The Labute approximate surface area is 127 Å². The molecule has 0 bridgehead atoms. The van der Waals surface area contributed by atoms with Crippen LogP contribution in [-0.2, 0) is 14.3 Å². The second-order valence-corrected chi connectivity index (χ2v) is 5.09. The van der Waals surface area contributed by atoms with Gasteiger partial charge in [0.2, 0.25) is 5.91 Å².